The number of pyridine rings is 2. The number of anilines is 1. The number of likely N-dealkylation sites (tertiary alicyclic amines) is 1. The Morgan fingerprint density at radius 1 is 1.20 bits per heavy atom. The Kier molecular flexibility index (Phi) is 4.40. The fourth-order valence-electron chi connectivity index (χ4n) is 3.66. The van der Waals surface area contributed by atoms with Crippen molar-refractivity contribution in [2.75, 3.05) is 25.5 Å². The summed E-state index contributed by atoms with van der Waals surface area (Å²) < 4.78 is 0. The molecule has 25 heavy (non-hydrogen) atoms. The van der Waals surface area contributed by atoms with Crippen molar-refractivity contribution in [2.24, 2.45) is 0 Å². The van der Waals surface area contributed by atoms with Crippen molar-refractivity contribution in [1.82, 2.24) is 19.9 Å². The van der Waals surface area contributed by atoms with E-state index in [1.807, 2.05) is 30.5 Å². The molecule has 5 heteroatoms. The summed E-state index contributed by atoms with van der Waals surface area (Å²) in [5, 5.41) is 3.48. The number of rotatable bonds is 4. The Hall–Kier alpha value is -2.40. The minimum Gasteiger partial charge on any atom is -0.362 e. The Bertz CT molecular complexity index is 834. The smallest absolute Gasteiger partial charge is 0.127 e. The van der Waals surface area contributed by atoms with E-state index in [0.29, 0.717) is 5.92 Å². The molecule has 0 aliphatic carbocycles. The average molecular weight is 335 g/mol. The molecule has 4 rings (SSSR count). The van der Waals surface area contributed by atoms with E-state index in [2.05, 4.69) is 46.4 Å². The molecule has 4 heterocycles. The van der Waals surface area contributed by atoms with Crippen LogP contribution in [0.1, 0.15) is 43.0 Å². The van der Waals surface area contributed by atoms with Crippen LogP contribution in [-0.4, -0.2) is 40.0 Å². The molecule has 130 valence electrons. The Labute approximate surface area is 148 Å². The van der Waals surface area contributed by atoms with Gasteiger partial charge in [0.25, 0.3) is 0 Å². The van der Waals surface area contributed by atoms with Gasteiger partial charge in [-0.15, -0.1) is 0 Å². The molecule has 3 aromatic rings. The number of nitrogens with one attached hydrogen (secondary N) is 2. The van der Waals surface area contributed by atoms with Crippen LogP contribution >= 0.6 is 0 Å². The Morgan fingerprint density at radius 3 is 2.80 bits per heavy atom. The van der Waals surface area contributed by atoms with Gasteiger partial charge < -0.3 is 15.2 Å². The van der Waals surface area contributed by atoms with Crippen LogP contribution in [0.3, 0.4) is 0 Å². The molecular weight excluding hydrogens is 310 g/mol. The quantitative estimate of drug-likeness (QED) is 0.758. The maximum atomic E-state index is 4.91. The van der Waals surface area contributed by atoms with Gasteiger partial charge in [-0.05, 0) is 75.6 Å². The van der Waals surface area contributed by atoms with E-state index in [0.717, 1.165) is 35.6 Å². The molecule has 0 saturated carbocycles. The first-order valence-electron chi connectivity index (χ1n) is 9.05. The summed E-state index contributed by atoms with van der Waals surface area (Å²) in [6.07, 6.45) is 6.38. The molecule has 1 atom stereocenters. The zero-order valence-corrected chi connectivity index (χ0v) is 14.9. The van der Waals surface area contributed by atoms with Gasteiger partial charge in [0.1, 0.15) is 5.82 Å². The summed E-state index contributed by atoms with van der Waals surface area (Å²) in [4.78, 5) is 15.1. The summed E-state index contributed by atoms with van der Waals surface area (Å²) in [6, 6.07) is 10.3. The molecule has 1 aliphatic rings. The van der Waals surface area contributed by atoms with Gasteiger partial charge in [-0.2, -0.15) is 0 Å². The van der Waals surface area contributed by atoms with Crippen LogP contribution in [-0.2, 0) is 0 Å². The highest BCUT2D eigenvalue weighted by Gasteiger charge is 2.22. The summed E-state index contributed by atoms with van der Waals surface area (Å²) in [5.41, 5.74) is 4.60. The number of aromatic amines is 1. The van der Waals surface area contributed by atoms with Crippen LogP contribution in [0.2, 0.25) is 0 Å². The number of piperidine rings is 1. The lowest BCUT2D eigenvalue weighted by molar-refractivity contribution is 0.256. The van der Waals surface area contributed by atoms with E-state index in [4.69, 9.17) is 4.98 Å². The lowest BCUT2D eigenvalue weighted by Gasteiger charge is -2.28. The number of aromatic nitrogens is 3. The third-order valence-corrected chi connectivity index (χ3v) is 5.21. The van der Waals surface area contributed by atoms with Gasteiger partial charge in [0, 0.05) is 12.4 Å². The predicted octanol–water partition coefficient (Wildman–Crippen LogP) is 3.94. The molecular formula is C20H25N5. The number of hydrogen-bond acceptors (Lipinski definition) is 4. The topological polar surface area (TPSA) is 56.8 Å². The normalized spacial score (nSPS) is 17.7. The van der Waals surface area contributed by atoms with Gasteiger partial charge in [-0.1, -0.05) is 6.07 Å². The fraction of sp³-hybridized carbons (Fsp3) is 0.400. The van der Waals surface area contributed by atoms with E-state index in [1.54, 1.807) is 0 Å². The first-order chi connectivity index (χ1) is 12.2. The van der Waals surface area contributed by atoms with Gasteiger partial charge in [0.15, 0.2) is 0 Å². The van der Waals surface area contributed by atoms with Gasteiger partial charge >= 0.3 is 0 Å². The van der Waals surface area contributed by atoms with Crippen LogP contribution in [0.5, 0.6) is 0 Å². The number of fused-ring (bicyclic) bond motifs is 1. The first kappa shape index (κ1) is 16.1. The molecule has 1 aliphatic heterocycles. The maximum absolute atomic E-state index is 4.91. The number of nitrogens with zero attached hydrogens (tertiary/aromatic N) is 3. The third-order valence-electron chi connectivity index (χ3n) is 5.21. The van der Waals surface area contributed by atoms with Crippen molar-refractivity contribution in [2.45, 2.75) is 31.7 Å². The van der Waals surface area contributed by atoms with Crippen molar-refractivity contribution in [3.8, 4) is 0 Å². The summed E-state index contributed by atoms with van der Waals surface area (Å²) in [5.74, 6) is 1.50. The van der Waals surface area contributed by atoms with Crippen LogP contribution in [0.25, 0.3) is 11.0 Å². The molecule has 0 aromatic carbocycles. The van der Waals surface area contributed by atoms with E-state index < -0.39 is 0 Å². The molecule has 0 radical (unpaired) electrons. The van der Waals surface area contributed by atoms with Crippen LogP contribution in [0.15, 0.2) is 42.7 Å². The second-order valence-corrected chi connectivity index (χ2v) is 7.03. The minimum absolute atomic E-state index is 0.122. The molecule has 1 unspecified atom stereocenters. The highest BCUT2D eigenvalue weighted by Crippen LogP contribution is 2.32. The fourth-order valence-corrected chi connectivity index (χ4v) is 3.66. The van der Waals surface area contributed by atoms with Gasteiger partial charge in [0.05, 0.1) is 22.8 Å². The molecule has 3 aromatic heterocycles. The van der Waals surface area contributed by atoms with Crippen LogP contribution in [0, 0.1) is 0 Å². The van der Waals surface area contributed by atoms with E-state index in [9.17, 15) is 0 Å². The SMILES string of the molecule is CC(Nc1ccc2[nH]cc(C3CCN(C)CC3)c2n1)c1ccccn1. The summed E-state index contributed by atoms with van der Waals surface area (Å²) in [7, 11) is 2.20. The standard InChI is InChI=1S/C20H25N5/c1-14(17-5-3-4-10-21-17)23-19-7-6-18-20(24-19)16(13-22-18)15-8-11-25(2)12-9-15/h3-7,10,13-15,22H,8-9,11-12H2,1-2H3,(H,23,24). The van der Waals surface area contributed by atoms with Crippen LogP contribution < -0.4 is 5.32 Å². The first-order valence-corrected chi connectivity index (χ1v) is 9.05. The number of hydrogen-bond donors (Lipinski definition) is 2. The monoisotopic (exact) mass is 335 g/mol. The van der Waals surface area contributed by atoms with Crippen molar-refractivity contribution >= 4 is 16.9 Å². The van der Waals surface area contributed by atoms with E-state index in [-0.39, 0.29) is 6.04 Å². The van der Waals surface area contributed by atoms with Gasteiger partial charge in [0.2, 0.25) is 0 Å². The van der Waals surface area contributed by atoms with Crippen molar-refractivity contribution < 1.29 is 0 Å². The molecule has 1 saturated heterocycles. The lowest BCUT2D eigenvalue weighted by atomic mass is 9.90. The third kappa shape index (κ3) is 3.37. The number of H-pyrrole nitrogens is 1. The zero-order chi connectivity index (χ0) is 17.2. The van der Waals surface area contributed by atoms with E-state index >= 15 is 0 Å². The van der Waals surface area contributed by atoms with Crippen molar-refractivity contribution in [3.05, 3.63) is 54.0 Å². The largest absolute Gasteiger partial charge is 0.362 e. The molecule has 5 nitrogen and oxygen atoms in total. The Morgan fingerprint density at radius 2 is 2.04 bits per heavy atom. The molecule has 0 amide bonds. The van der Waals surface area contributed by atoms with E-state index in [1.165, 1.54) is 18.4 Å². The Balaban J connectivity index is 1.58. The van der Waals surface area contributed by atoms with Gasteiger partial charge in [-0.3, -0.25) is 4.98 Å². The van der Waals surface area contributed by atoms with Crippen molar-refractivity contribution in [3.63, 3.8) is 0 Å². The minimum atomic E-state index is 0.122. The predicted molar refractivity (Wildman–Crippen MR) is 102 cm³/mol. The maximum Gasteiger partial charge on any atom is 0.127 e. The molecule has 2 N–H and O–H groups in total. The lowest BCUT2D eigenvalue weighted by Crippen LogP contribution is -2.29. The zero-order valence-electron chi connectivity index (χ0n) is 14.9. The second-order valence-electron chi connectivity index (χ2n) is 7.03. The highest BCUT2D eigenvalue weighted by molar-refractivity contribution is 5.81. The molecule has 1 fully saturated rings. The summed E-state index contributed by atoms with van der Waals surface area (Å²) >= 11 is 0. The van der Waals surface area contributed by atoms with Crippen LogP contribution in [0.4, 0.5) is 5.82 Å². The average Bonchev–Trinajstić information content (AvgIpc) is 3.06. The molecule has 0 bridgehead atoms. The molecule has 0 spiro atoms. The van der Waals surface area contributed by atoms with Gasteiger partial charge in [-0.25, -0.2) is 4.98 Å². The van der Waals surface area contributed by atoms with Crippen molar-refractivity contribution in [1.29, 1.82) is 0 Å². The highest BCUT2D eigenvalue weighted by atomic mass is 15.1. The second kappa shape index (κ2) is 6.84. The summed E-state index contributed by atoms with van der Waals surface area (Å²) in [6.45, 7) is 4.43.